The number of rotatable bonds is 6. The molecule has 0 unspecified atom stereocenters. The van der Waals surface area contributed by atoms with Gasteiger partial charge in [0, 0.05) is 36.9 Å². The van der Waals surface area contributed by atoms with Gasteiger partial charge in [-0.05, 0) is 74.0 Å². The minimum absolute atomic E-state index is 0.722. The zero-order chi connectivity index (χ0) is 20.2. The zero-order valence-electron chi connectivity index (χ0n) is 16.9. The molecule has 1 aromatic carbocycles. The molecule has 1 aliphatic heterocycles. The van der Waals surface area contributed by atoms with Gasteiger partial charge in [0.25, 0.3) is 0 Å². The smallest absolute Gasteiger partial charge is 0.163 e. The lowest BCUT2D eigenvalue weighted by molar-refractivity contribution is 0.183. The number of fused-ring (bicyclic) bond motifs is 1. The van der Waals surface area contributed by atoms with Gasteiger partial charge < -0.3 is 4.74 Å². The van der Waals surface area contributed by atoms with Crippen molar-refractivity contribution in [2.24, 2.45) is 0 Å². The Morgan fingerprint density at radius 1 is 0.867 bits per heavy atom. The van der Waals surface area contributed by atoms with Crippen molar-refractivity contribution in [1.82, 2.24) is 24.5 Å². The predicted molar refractivity (Wildman–Crippen MR) is 117 cm³/mol. The van der Waals surface area contributed by atoms with Gasteiger partial charge in [-0.25, -0.2) is 9.50 Å². The van der Waals surface area contributed by atoms with Crippen LogP contribution in [0, 0.1) is 0 Å². The van der Waals surface area contributed by atoms with Gasteiger partial charge in [0.2, 0.25) is 0 Å². The second-order valence-electron chi connectivity index (χ2n) is 7.62. The van der Waals surface area contributed by atoms with Gasteiger partial charge in [0.1, 0.15) is 18.1 Å². The Kier molecular flexibility index (Phi) is 5.40. The maximum Gasteiger partial charge on any atom is 0.163 e. The number of aromatic nitrogens is 4. The Morgan fingerprint density at radius 2 is 1.67 bits per heavy atom. The first-order chi connectivity index (χ1) is 14.9. The fourth-order valence-corrected chi connectivity index (χ4v) is 4.06. The number of pyridine rings is 1. The van der Waals surface area contributed by atoms with E-state index in [1.54, 1.807) is 18.6 Å². The van der Waals surface area contributed by atoms with E-state index in [2.05, 4.69) is 27.0 Å². The van der Waals surface area contributed by atoms with Crippen molar-refractivity contribution in [2.45, 2.75) is 19.3 Å². The molecule has 30 heavy (non-hydrogen) atoms. The molecule has 0 amide bonds. The van der Waals surface area contributed by atoms with Crippen LogP contribution >= 0.6 is 0 Å². The molecule has 6 heteroatoms. The molecule has 0 radical (unpaired) electrons. The normalized spacial score (nSPS) is 14.8. The van der Waals surface area contributed by atoms with E-state index in [-0.39, 0.29) is 0 Å². The lowest BCUT2D eigenvalue weighted by Gasteiger charge is -2.26. The monoisotopic (exact) mass is 399 g/mol. The summed E-state index contributed by atoms with van der Waals surface area (Å²) in [6, 6.07) is 14.1. The molecule has 0 aliphatic carbocycles. The third-order valence-electron chi connectivity index (χ3n) is 5.62. The highest BCUT2D eigenvalue weighted by Gasteiger charge is 2.17. The van der Waals surface area contributed by atoms with Crippen LogP contribution in [0.5, 0.6) is 5.75 Å². The van der Waals surface area contributed by atoms with Gasteiger partial charge >= 0.3 is 0 Å². The molecule has 0 bridgehead atoms. The van der Waals surface area contributed by atoms with Crippen molar-refractivity contribution >= 4 is 5.65 Å². The summed E-state index contributed by atoms with van der Waals surface area (Å²) in [6.07, 6.45) is 11.3. The molecule has 4 heterocycles. The summed E-state index contributed by atoms with van der Waals surface area (Å²) in [7, 11) is 0. The Morgan fingerprint density at radius 3 is 2.47 bits per heavy atom. The van der Waals surface area contributed by atoms with Gasteiger partial charge in [-0.1, -0.05) is 6.42 Å². The largest absolute Gasteiger partial charge is 0.492 e. The van der Waals surface area contributed by atoms with Crippen molar-refractivity contribution in [3.8, 4) is 28.1 Å². The highest BCUT2D eigenvalue weighted by Crippen LogP contribution is 2.34. The molecular weight excluding hydrogens is 374 g/mol. The predicted octanol–water partition coefficient (Wildman–Crippen LogP) is 4.32. The first kappa shape index (κ1) is 18.8. The molecule has 3 aromatic heterocycles. The Hall–Kier alpha value is -3.25. The van der Waals surface area contributed by atoms with Crippen LogP contribution in [0.4, 0.5) is 0 Å². The molecule has 0 N–H and O–H groups in total. The van der Waals surface area contributed by atoms with Crippen molar-refractivity contribution in [3.05, 3.63) is 67.3 Å². The van der Waals surface area contributed by atoms with Crippen molar-refractivity contribution in [2.75, 3.05) is 26.2 Å². The Bertz CT molecular complexity index is 1100. The van der Waals surface area contributed by atoms with Crippen LogP contribution in [0.3, 0.4) is 0 Å². The van der Waals surface area contributed by atoms with Crippen LogP contribution in [0.25, 0.3) is 28.0 Å². The second kappa shape index (κ2) is 8.63. The third kappa shape index (κ3) is 3.91. The molecular formula is C24H25N5O. The summed E-state index contributed by atoms with van der Waals surface area (Å²) in [5.41, 5.74) is 4.84. The van der Waals surface area contributed by atoms with E-state index in [0.717, 1.165) is 46.9 Å². The summed E-state index contributed by atoms with van der Waals surface area (Å²) in [5, 5.41) is 4.80. The van der Waals surface area contributed by atoms with E-state index in [9.17, 15) is 0 Å². The van der Waals surface area contributed by atoms with Gasteiger partial charge in [0.15, 0.2) is 5.65 Å². The third-order valence-corrected chi connectivity index (χ3v) is 5.62. The highest BCUT2D eigenvalue weighted by atomic mass is 16.5. The summed E-state index contributed by atoms with van der Waals surface area (Å²) in [6.45, 7) is 4.11. The Labute approximate surface area is 176 Å². The molecule has 6 nitrogen and oxygen atoms in total. The first-order valence-electron chi connectivity index (χ1n) is 10.6. The summed E-state index contributed by atoms with van der Waals surface area (Å²) < 4.78 is 7.81. The molecule has 1 aliphatic rings. The zero-order valence-corrected chi connectivity index (χ0v) is 16.9. The molecule has 0 saturated carbocycles. The molecule has 1 fully saturated rings. The van der Waals surface area contributed by atoms with E-state index < -0.39 is 0 Å². The first-order valence-corrected chi connectivity index (χ1v) is 10.6. The number of likely N-dealkylation sites (tertiary alicyclic amines) is 1. The topological polar surface area (TPSA) is 55.6 Å². The maximum absolute atomic E-state index is 5.99. The van der Waals surface area contributed by atoms with Crippen molar-refractivity contribution in [1.29, 1.82) is 0 Å². The average Bonchev–Trinajstić information content (AvgIpc) is 3.20. The molecule has 0 spiro atoms. The number of hydrogen-bond acceptors (Lipinski definition) is 5. The van der Waals surface area contributed by atoms with E-state index in [4.69, 9.17) is 9.84 Å². The number of benzene rings is 1. The lowest BCUT2D eigenvalue weighted by Crippen LogP contribution is -2.33. The van der Waals surface area contributed by atoms with Crippen LogP contribution in [0.1, 0.15) is 19.3 Å². The van der Waals surface area contributed by atoms with E-state index in [0.29, 0.717) is 0 Å². The van der Waals surface area contributed by atoms with Gasteiger partial charge in [-0.3, -0.25) is 9.88 Å². The van der Waals surface area contributed by atoms with E-state index in [1.165, 1.54) is 32.4 Å². The number of ether oxygens (including phenoxy) is 1. The van der Waals surface area contributed by atoms with Crippen LogP contribution < -0.4 is 4.74 Å². The minimum Gasteiger partial charge on any atom is -0.492 e. The fraction of sp³-hybridized carbons (Fsp3) is 0.292. The minimum atomic E-state index is 0.722. The number of hydrogen-bond donors (Lipinski definition) is 0. The van der Waals surface area contributed by atoms with Gasteiger partial charge in [0.05, 0.1) is 5.56 Å². The highest BCUT2D eigenvalue weighted by molar-refractivity contribution is 5.90. The molecule has 0 atom stereocenters. The van der Waals surface area contributed by atoms with E-state index >= 15 is 0 Å². The Balaban J connectivity index is 1.38. The van der Waals surface area contributed by atoms with Crippen LogP contribution in [-0.2, 0) is 0 Å². The summed E-state index contributed by atoms with van der Waals surface area (Å²) in [5.74, 6) is 0.892. The van der Waals surface area contributed by atoms with Crippen LogP contribution in [0.15, 0.2) is 67.3 Å². The van der Waals surface area contributed by atoms with Gasteiger partial charge in [-0.15, -0.1) is 0 Å². The van der Waals surface area contributed by atoms with E-state index in [1.807, 2.05) is 41.0 Å². The van der Waals surface area contributed by atoms with Gasteiger partial charge in [-0.2, -0.15) is 5.10 Å². The molecule has 152 valence electrons. The number of piperidine rings is 1. The van der Waals surface area contributed by atoms with Crippen LogP contribution in [0.2, 0.25) is 0 Å². The van der Waals surface area contributed by atoms with Crippen molar-refractivity contribution in [3.63, 3.8) is 0 Å². The van der Waals surface area contributed by atoms with Crippen LogP contribution in [-0.4, -0.2) is 50.7 Å². The number of nitrogens with zero attached hydrogens (tertiary/aromatic N) is 5. The van der Waals surface area contributed by atoms with Crippen molar-refractivity contribution < 1.29 is 4.74 Å². The SMILES string of the molecule is c1cnc2c(-c3ccncc3)c(-c3ccc(OCCN4CCCCC4)cc3)nn2c1. The average molecular weight is 399 g/mol. The standard InChI is InChI=1S/C24H25N5O/c1-2-14-28(15-3-1)17-18-30-21-7-5-20(6-8-21)23-22(19-9-12-25-13-10-19)24-26-11-4-16-29(24)27-23/h4-13,16H,1-3,14-15,17-18H2. The molecule has 4 aromatic rings. The quantitative estimate of drug-likeness (QED) is 0.483. The maximum atomic E-state index is 5.99. The second-order valence-corrected chi connectivity index (χ2v) is 7.62. The lowest BCUT2D eigenvalue weighted by atomic mass is 10.0. The molecule has 5 rings (SSSR count). The molecule has 1 saturated heterocycles. The fourth-order valence-electron chi connectivity index (χ4n) is 4.06. The summed E-state index contributed by atoms with van der Waals surface area (Å²) in [4.78, 5) is 11.2. The summed E-state index contributed by atoms with van der Waals surface area (Å²) >= 11 is 0.